The topological polar surface area (TPSA) is 53.7 Å². The van der Waals surface area contributed by atoms with Gasteiger partial charge in [-0.1, -0.05) is 12.1 Å². The van der Waals surface area contributed by atoms with E-state index >= 15 is 0 Å². The quantitative estimate of drug-likeness (QED) is 0.746. The van der Waals surface area contributed by atoms with Crippen molar-refractivity contribution in [3.63, 3.8) is 0 Å². The van der Waals surface area contributed by atoms with E-state index in [4.69, 9.17) is 15.2 Å². The number of methoxy groups -OCH3 is 1. The van der Waals surface area contributed by atoms with Crippen molar-refractivity contribution in [2.24, 2.45) is 5.73 Å². The molecule has 0 aliphatic carbocycles. The van der Waals surface area contributed by atoms with Gasteiger partial charge in [-0.05, 0) is 24.1 Å². The Hall–Kier alpha value is -1.31. The first-order chi connectivity index (χ1) is 9.40. The molecule has 2 N–H and O–H groups in total. The van der Waals surface area contributed by atoms with Crippen LogP contribution in [0.15, 0.2) is 24.3 Å². The third-order valence-corrected chi connectivity index (χ3v) is 2.42. The Kier molecular flexibility index (Phi) is 6.77. The van der Waals surface area contributed by atoms with Gasteiger partial charge in [-0.25, -0.2) is 0 Å². The Morgan fingerprint density at radius 1 is 1.15 bits per heavy atom. The lowest BCUT2D eigenvalue weighted by atomic mass is 10.1. The minimum absolute atomic E-state index is 0.221. The molecule has 4 nitrogen and oxygen atoms in total. The molecule has 1 unspecified atom stereocenters. The average molecular weight is 293 g/mol. The molecule has 0 heterocycles. The third kappa shape index (κ3) is 7.32. The van der Waals surface area contributed by atoms with Crippen LogP contribution in [0.1, 0.15) is 5.56 Å². The highest BCUT2D eigenvalue weighted by Crippen LogP contribution is 2.22. The zero-order valence-electron chi connectivity index (χ0n) is 11.2. The van der Waals surface area contributed by atoms with Crippen LogP contribution in [-0.4, -0.2) is 39.3 Å². The van der Waals surface area contributed by atoms with E-state index in [1.165, 1.54) is 12.1 Å². The molecule has 0 aliphatic rings. The zero-order chi connectivity index (χ0) is 15.0. The summed E-state index contributed by atoms with van der Waals surface area (Å²) in [4.78, 5) is 0. The molecule has 0 saturated heterocycles. The molecule has 0 saturated carbocycles. The standard InChI is InChI=1S/C13H18F3NO3/c1-18-6-7-19-9-11(17)8-10-2-4-12(5-3-10)20-13(14,15)16/h2-5,11H,6-9,17H2,1H3. The van der Waals surface area contributed by atoms with Crippen LogP contribution in [0.2, 0.25) is 0 Å². The normalized spacial score (nSPS) is 13.2. The molecule has 0 amide bonds. The second kappa shape index (κ2) is 8.08. The van der Waals surface area contributed by atoms with Crippen molar-refractivity contribution in [3.05, 3.63) is 29.8 Å². The minimum Gasteiger partial charge on any atom is -0.406 e. The second-order valence-electron chi connectivity index (χ2n) is 4.22. The maximum atomic E-state index is 12.0. The number of benzene rings is 1. The fourth-order valence-electron chi connectivity index (χ4n) is 1.57. The summed E-state index contributed by atoms with van der Waals surface area (Å²) in [7, 11) is 1.58. The number of halogens is 3. The van der Waals surface area contributed by atoms with Crippen molar-refractivity contribution in [2.75, 3.05) is 26.9 Å². The van der Waals surface area contributed by atoms with Crippen molar-refractivity contribution < 1.29 is 27.4 Å². The molecule has 1 aromatic carbocycles. The first kappa shape index (κ1) is 16.7. The fourth-order valence-corrected chi connectivity index (χ4v) is 1.57. The van der Waals surface area contributed by atoms with Gasteiger partial charge in [-0.15, -0.1) is 13.2 Å². The number of ether oxygens (including phenoxy) is 3. The van der Waals surface area contributed by atoms with E-state index in [1.807, 2.05) is 0 Å². The van der Waals surface area contributed by atoms with Crippen LogP contribution in [0.4, 0.5) is 13.2 Å². The van der Waals surface area contributed by atoms with E-state index in [1.54, 1.807) is 19.2 Å². The van der Waals surface area contributed by atoms with Crippen LogP contribution in [-0.2, 0) is 15.9 Å². The molecule has 1 rings (SSSR count). The van der Waals surface area contributed by atoms with Crippen molar-refractivity contribution >= 4 is 0 Å². The summed E-state index contributed by atoms with van der Waals surface area (Å²) in [6.45, 7) is 1.32. The number of nitrogens with two attached hydrogens (primary N) is 1. The summed E-state index contributed by atoms with van der Waals surface area (Å²) < 4.78 is 49.8. The molecule has 0 fully saturated rings. The van der Waals surface area contributed by atoms with Crippen LogP contribution in [0.25, 0.3) is 0 Å². The van der Waals surface area contributed by atoms with E-state index in [-0.39, 0.29) is 11.8 Å². The van der Waals surface area contributed by atoms with Gasteiger partial charge in [0.2, 0.25) is 0 Å². The van der Waals surface area contributed by atoms with Gasteiger partial charge in [0.05, 0.1) is 19.8 Å². The number of hydrogen-bond acceptors (Lipinski definition) is 4. The highest BCUT2D eigenvalue weighted by atomic mass is 19.4. The SMILES string of the molecule is COCCOCC(N)Cc1ccc(OC(F)(F)F)cc1. The molecular weight excluding hydrogens is 275 g/mol. The molecule has 0 spiro atoms. The summed E-state index contributed by atoms with van der Waals surface area (Å²) >= 11 is 0. The molecule has 1 aromatic rings. The molecule has 114 valence electrons. The van der Waals surface area contributed by atoms with E-state index in [2.05, 4.69) is 4.74 Å². The lowest BCUT2D eigenvalue weighted by molar-refractivity contribution is -0.274. The number of alkyl halides is 3. The molecule has 0 aliphatic heterocycles. The van der Waals surface area contributed by atoms with Crippen LogP contribution < -0.4 is 10.5 Å². The van der Waals surface area contributed by atoms with Gasteiger partial charge in [0.25, 0.3) is 0 Å². The Balaban J connectivity index is 2.37. The maximum absolute atomic E-state index is 12.0. The molecule has 20 heavy (non-hydrogen) atoms. The fraction of sp³-hybridized carbons (Fsp3) is 0.538. The summed E-state index contributed by atoms with van der Waals surface area (Å²) in [5.74, 6) is -0.244. The Labute approximate surface area is 115 Å². The van der Waals surface area contributed by atoms with Crippen LogP contribution in [0, 0.1) is 0 Å². The summed E-state index contributed by atoms with van der Waals surface area (Å²) in [5, 5.41) is 0. The van der Waals surface area contributed by atoms with E-state index in [0.29, 0.717) is 26.2 Å². The Morgan fingerprint density at radius 3 is 2.35 bits per heavy atom. The van der Waals surface area contributed by atoms with Gasteiger partial charge in [-0.3, -0.25) is 0 Å². The highest BCUT2D eigenvalue weighted by Gasteiger charge is 2.30. The lowest BCUT2D eigenvalue weighted by Gasteiger charge is -2.13. The van der Waals surface area contributed by atoms with Gasteiger partial charge < -0.3 is 19.9 Å². The number of rotatable bonds is 8. The molecule has 7 heteroatoms. The van der Waals surface area contributed by atoms with Crippen LogP contribution in [0.5, 0.6) is 5.75 Å². The highest BCUT2D eigenvalue weighted by molar-refractivity contribution is 5.27. The smallest absolute Gasteiger partial charge is 0.406 e. The summed E-state index contributed by atoms with van der Waals surface area (Å²) in [6.07, 6.45) is -4.16. The predicted octanol–water partition coefficient (Wildman–Crippen LogP) is 2.12. The summed E-state index contributed by atoms with van der Waals surface area (Å²) in [5.41, 5.74) is 6.67. The van der Waals surface area contributed by atoms with Crippen LogP contribution >= 0.6 is 0 Å². The van der Waals surface area contributed by atoms with Gasteiger partial charge in [-0.2, -0.15) is 0 Å². The first-order valence-corrected chi connectivity index (χ1v) is 6.07. The molecule has 0 aromatic heterocycles. The Morgan fingerprint density at radius 2 is 1.80 bits per heavy atom. The van der Waals surface area contributed by atoms with E-state index < -0.39 is 6.36 Å². The van der Waals surface area contributed by atoms with Gasteiger partial charge in [0.15, 0.2) is 0 Å². The number of hydrogen-bond donors (Lipinski definition) is 1. The average Bonchev–Trinajstić information content (AvgIpc) is 2.35. The Bertz CT molecular complexity index is 381. The van der Waals surface area contributed by atoms with Crippen molar-refractivity contribution in [1.82, 2.24) is 0 Å². The largest absolute Gasteiger partial charge is 0.573 e. The second-order valence-corrected chi connectivity index (χ2v) is 4.22. The summed E-state index contributed by atoms with van der Waals surface area (Å²) in [6, 6.07) is 5.41. The molecule has 0 bridgehead atoms. The van der Waals surface area contributed by atoms with Gasteiger partial charge in [0.1, 0.15) is 5.75 Å². The minimum atomic E-state index is -4.67. The van der Waals surface area contributed by atoms with Crippen molar-refractivity contribution in [1.29, 1.82) is 0 Å². The van der Waals surface area contributed by atoms with Crippen molar-refractivity contribution in [3.8, 4) is 5.75 Å². The van der Waals surface area contributed by atoms with E-state index in [9.17, 15) is 13.2 Å². The lowest BCUT2D eigenvalue weighted by Crippen LogP contribution is -2.29. The molecular formula is C13H18F3NO3. The third-order valence-electron chi connectivity index (χ3n) is 2.42. The first-order valence-electron chi connectivity index (χ1n) is 6.07. The van der Waals surface area contributed by atoms with E-state index in [0.717, 1.165) is 5.56 Å². The van der Waals surface area contributed by atoms with Crippen molar-refractivity contribution in [2.45, 2.75) is 18.8 Å². The van der Waals surface area contributed by atoms with Crippen LogP contribution in [0.3, 0.4) is 0 Å². The predicted molar refractivity (Wildman–Crippen MR) is 67.5 cm³/mol. The van der Waals surface area contributed by atoms with Gasteiger partial charge >= 0.3 is 6.36 Å². The van der Waals surface area contributed by atoms with Gasteiger partial charge in [0, 0.05) is 13.2 Å². The molecule has 1 atom stereocenters. The zero-order valence-corrected chi connectivity index (χ0v) is 11.2. The maximum Gasteiger partial charge on any atom is 0.573 e. The monoisotopic (exact) mass is 293 g/mol. The molecule has 0 radical (unpaired) electrons.